The lowest BCUT2D eigenvalue weighted by molar-refractivity contribution is 0.0526. The summed E-state index contributed by atoms with van der Waals surface area (Å²) >= 11 is 0. The molecular weight excluding hydrogens is 294 g/mol. The molecule has 21 heavy (non-hydrogen) atoms. The van der Waals surface area contributed by atoms with Crippen LogP contribution in [0.3, 0.4) is 0 Å². The Balaban J connectivity index is 2.74. The molecule has 7 heteroatoms. The Morgan fingerprint density at radius 2 is 1.86 bits per heavy atom. The van der Waals surface area contributed by atoms with Gasteiger partial charge >= 0.3 is 6.09 Å². The minimum atomic E-state index is -3.71. The van der Waals surface area contributed by atoms with Crippen molar-refractivity contribution in [1.82, 2.24) is 5.32 Å². The molecule has 0 aliphatic rings. The van der Waals surface area contributed by atoms with E-state index in [2.05, 4.69) is 5.32 Å². The Kier molecular flexibility index (Phi) is 5.74. The van der Waals surface area contributed by atoms with Crippen LogP contribution in [0.15, 0.2) is 35.2 Å². The average Bonchev–Trinajstić information content (AvgIpc) is 2.38. The van der Waals surface area contributed by atoms with Crippen LogP contribution in [-0.2, 0) is 14.6 Å². The molecule has 0 saturated heterocycles. The monoisotopic (exact) mass is 315 g/mol. The molecule has 1 rings (SSSR count). The molecule has 1 amide bonds. The summed E-state index contributed by atoms with van der Waals surface area (Å²) in [6, 6.07) is 7.80. The zero-order chi connectivity index (χ0) is 16.1. The summed E-state index contributed by atoms with van der Waals surface area (Å²) in [4.78, 5) is 11.6. The van der Waals surface area contributed by atoms with Crippen molar-refractivity contribution in [2.75, 3.05) is 13.2 Å². The molecule has 0 aliphatic carbocycles. The predicted octanol–water partition coefficient (Wildman–Crippen LogP) is 1.35. The van der Waals surface area contributed by atoms with Gasteiger partial charge in [-0.25, -0.2) is 13.2 Å². The highest BCUT2D eigenvalue weighted by Gasteiger charge is 2.28. The summed E-state index contributed by atoms with van der Waals surface area (Å²) in [5, 5.41) is 10.5. The molecule has 1 aromatic carbocycles. The summed E-state index contributed by atoms with van der Waals surface area (Å²) in [6.07, 6.45) is -0.718. The number of sulfone groups is 1. The number of alkyl carbamates (subject to hydrolysis) is 1. The van der Waals surface area contributed by atoms with Gasteiger partial charge in [-0.05, 0) is 32.9 Å². The number of rotatable bonds is 5. The molecule has 2 N–H and O–H groups in total. The van der Waals surface area contributed by atoms with Gasteiger partial charge in [0.25, 0.3) is 0 Å². The maximum Gasteiger partial charge on any atom is 0.407 e. The van der Waals surface area contributed by atoms with Gasteiger partial charge in [0.15, 0.2) is 9.84 Å². The van der Waals surface area contributed by atoms with E-state index in [1.54, 1.807) is 39.0 Å². The highest BCUT2D eigenvalue weighted by atomic mass is 32.2. The first-order valence-corrected chi connectivity index (χ1v) is 8.08. The molecule has 1 atom stereocenters. The third kappa shape index (κ3) is 5.35. The van der Waals surface area contributed by atoms with Crippen molar-refractivity contribution in [3.63, 3.8) is 0 Å². The van der Waals surface area contributed by atoms with E-state index >= 15 is 0 Å². The van der Waals surface area contributed by atoms with E-state index in [0.29, 0.717) is 0 Å². The number of nitrogens with one attached hydrogen (secondary N) is 1. The molecule has 118 valence electrons. The summed E-state index contributed by atoms with van der Waals surface area (Å²) in [6.45, 7) is 4.31. The molecule has 0 saturated carbocycles. The van der Waals surface area contributed by atoms with Gasteiger partial charge in [-0.2, -0.15) is 0 Å². The van der Waals surface area contributed by atoms with Crippen LogP contribution in [0.4, 0.5) is 4.79 Å². The van der Waals surface area contributed by atoms with Crippen molar-refractivity contribution in [3.8, 4) is 0 Å². The second-order valence-electron chi connectivity index (χ2n) is 5.55. The summed E-state index contributed by atoms with van der Waals surface area (Å²) in [7, 11) is -3.71. The Morgan fingerprint density at radius 1 is 1.29 bits per heavy atom. The first-order chi connectivity index (χ1) is 9.66. The summed E-state index contributed by atoms with van der Waals surface area (Å²) < 4.78 is 29.6. The second-order valence-corrected chi connectivity index (χ2v) is 7.77. The highest BCUT2D eigenvalue weighted by molar-refractivity contribution is 7.92. The summed E-state index contributed by atoms with van der Waals surface area (Å²) in [5.41, 5.74) is -0.670. The van der Waals surface area contributed by atoms with Crippen LogP contribution in [0.5, 0.6) is 0 Å². The number of aliphatic hydroxyl groups is 1. The van der Waals surface area contributed by atoms with E-state index in [1.165, 1.54) is 12.1 Å². The van der Waals surface area contributed by atoms with Crippen molar-refractivity contribution < 1.29 is 23.1 Å². The minimum absolute atomic E-state index is 0.107. The standard InChI is InChI=1S/C14H21NO5S/c1-14(2,3)20-13(17)15-9-12(10-16)21(18,19)11-7-5-4-6-8-11/h4-8,12,16H,9-10H2,1-3H3,(H,15,17). The number of hydrogen-bond donors (Lipinski definition) is 2. The molecule has 6 nitrogen and oxygen atoms in total. The van der Waals surface area contributed by atoms with E-state index < -0.39 is 33.4 Å². The largest absolute Gasteiger partial charge is 0.444 e. The van der Waals surface area contributed by atoms with Crippen LogP contribution in [0.25, 0.3) is 0 Å². The van der Waals surface area contributed by atoms with Crippen LogP contribution in [0.2, 0.25) is 0 Å². The van der Waals surface area contributed by atoms with Crippen LogP contribution in [-0.4, -0.2) is 43.6 Å². The SMILES string of the molecule is CC(C)(C)OC(=O)NCC(CO)S(=O)(=O)c1ccccc1. The van der Waals surface area contributed by atoms with E-state index in [-0.39, 0.29) is 11.4 Å². The van der Waals surface area contributed by atoms with Gasteiger partial charge in [0.1, 0.15) is 10.9 Å². The third-order valence-electron chi connectivity index (χ3n) is 2.59. The number of carbonyl (C=O) groups excluding carboxylic acids is 1. The van der Waals surface area contributed by atoms with Gasteiger partial charge in [-0.15, -0.1) is 0 Å². The molecule has 0 aliphatic heterocycles. The molecule has 1 aromatic rings. The zero-order valence-electron chi connectivity index (χ0n) is 12.4. The molecule has 0 fully saturated rings. The smallest absolute Gasteiger partial charge is 0.407 e. The van der Waals surface area contributed by atoms with Crippen molar-refractivity contribution in [1.29, 1.82) is 0 Å². The summed E-state index contributed by atoms with van der Waals surface area (Å²) in [5.74, 6) is 0. The van der Waals surface area contributed by atoms with Gasteiger partial charge in [-0.1, -0.05) is 18.2 Å². The topological polar surface area (TPSA) is 92.7 Å². The van der Waals surface area contributed by atoms with Gasteiger partial charge in [0.2, 0.25) is 0 Å². The highest BCUT2D eigenvalue weighted by Crippen LogP contribution is 2.15. The Bertz CT molecular complexity index is 563. The first-order valence-electron chi connectivity index (χ1n) is 6.53. The maximum absolute atomic E-state index is 12.3. The second kappa shape index (κ2) is 6.91. The fourth-order valence-corrected chi connectivity index (χ4v) is 3.01. The van der Waals surface area contributed by atoms with Crippen molar-refractivity contribution in [3.05, 3.63) is 30.3 Å². The molecule has 0 bridgehead atoms. The molecule has 1 unspecified atom stereocenters. The van der Waals surface area contributed by atoms with Gasteiger partial charge in [-0.3, -0.25) is 0 Å². The number of hydrogen-bond acceptors (Lipinski definition) is 5. The van der Waals surface area contributed by atoms with Crippen molar-refractivity contribution >= 4 is 15.9 Å². The van der Waals surface area contributed by atoms with Gasteiger partial charge < -0.3 is 15.2 Å². The molecule has 0 spiro atoms. The number of ether oxygens (including phenoxy) is 1. The van der Waals surface area contributed by atoms with Crippen LogP contribution < -0.4 is 5.32 Å². The van der Waals surface area contributed by atoms with Crippen molar-refractivity contribution in [2.45, 2.75) is 36.5 Å². The number of aliphatic hydroxyl groups excluding tert-OH is 1. The zero-order valence-corrected chi connectivity index (χ0v) is 13.2. The lowest BCUT2D eigenvalue weighted by Gasteiger charge is -2.21. The quantitative estimate of drug-likeness (QED) is 0.855. The van der Waals surface area contributed by atoms with Gasteiger partial charge in [0, 0.05) is 6.54 Å². The minimum Gasteiger partial charge on any atom is -0.444 e. The average molecular weight is 315 g/mol. The lowest BCUT2D eigenvalue weighted by atomic mass is 10.2. The predicted molar refractivity (Wildman–Crippen MR) is 78.7 cm³/mol. The third-order valence-corrected chi connectivity index (χ3v) is 4.71. The van der Waals surface area contributed by atoms with Crippen LogP contribution >= 0.6 is 0 Å². The van der Waals surface area contributed by atoms with E-state index in [1.807, 2.05) is 0 Å². The molecule has 0 heterocycles. The molecular formula is C14H21NO5S. The van der Waals surface area contributed by atoms with Crippen LogP contribution in [0.1, 0.15) is 20.8 Å². The first kappa shape index (κ1) is 17.5. The number of carbonyl (C=O) groups is 1. The van der Waals surface area contributed by atoms with Crippen LogP contribution in [0, 0.1) is 0 Å². The van der Waals surface area contributed by atoms with E-state index in [4.69, 9.17) is 4.74 Å². The fraction of sp³-hybridized carbons (Fsp3) is 0.500. The Morgan fingerprint density at radius 3 is 2.33 bits per heavy atom. The lowest BCUT2D eigenvalue weighted by Crippen LogP contribution is -2.41. The van der Waals surface area contributed by atoms with E-state index in [9.17, 15) is 18.3 Å². The molecule has 0 radical (unpaired) electrons. The van der Waals surface area contributed by atoms with Crippen molar-refractivity contribution in [2.24, 2.45) is 0 Å². The fourth-order valence-electron chi connectivity index (χ4n) is 1.59. The van der Waals surface area contributed by atoms with E-state index in [0.717, 1.165) is 0 Å². The van der Waals surface area contributed by atoms with Gasteiger partial charge in [0.05, 0.1) is 11.5 Å². The Hall–Kier alpha value is -1.60. The molecule has 0 aromatic heterocycles. The normalized spacial score (nSPS) is 13.5. The number of benzene rings is 1. The number of amides is 1. The Labute approximate surface area is 125 Å². The maximum atomic E-state index is 12.3.